The molecule has 3 rings (SSSR count). The van der Waals surface area contributed by atoms with Crippen LogP contribution < -0.4 is 5.32 Å². The molecule has 130 valence electrons. The van der Waals surface area contributed by atoms with Crippen molar-refractivity contribution in [3.63, 3.8) is 0 Å². The van der Waals surface area contributed by atoms with E-state index in [1.165, 1.54) is 22.9 Å². The van der Waals surface area contributed by atoms with Gasteiger partial charge in [-0.05, 0) is 17.0 Å². The Kier molecular flexibility index (Phi) is 4.65. The molecule has 0 radical (unpaired) electrons. The van der Waals surface area contributed by atoms with Gasteiger partial charge in [0.1, 0.15) is 19.2 Å². The maximum Gasteiger partial charge on any atom is 0.242 e. The molecule has 3 aromatic rings. The molecule has 0 aliphatic carbocycles. The molecule has 25 heavy (non-hydrogen) atoms. The lowest BCUT2D eigenvalue weighted by Gasteiger charge is -2.18. The lowest BCUT2D eigenvalue weighted by Crippen LogP contribution is -2.27. The molecule has 0 atom stereocenters. The second kappa shape index (κ2) is 6.88. The quantitative estimate of drug-likeness (QED) is 0.747. The minimum Gasteiger partial charge on any atom is -0.349 e. The largest absolute Gasteiger partial charge is 0.349 e. The number of nitrogens with zero attached hydrogens (tertiary/aromatic N) is 4. The van der Waals surface area contributed by atoms with E-state index >= 15 is 0 Å². The molecule has 0 bridgehead atoms. The summed E-state index contributed by atoms with van der Waals surface area (Å²) in [6, 6.07) is 10.3. The number of carbonyl (C=O) groups excluding carboxylic acids is 1. The zero-order valence-electron chi connectivity index (χ0n) is 14.7. The predicted octanol–water partition coefficient (Wildman–Crippen LogP) is 2.28. The van der Waals surface area contributed by atoms with Crippen LogP contribution >= 0.6 is 0 Å². The zero-order valence-corrected chi connectivity index (χ0v) is 14.7. The average molecular weight is 338 g/mol. The molecule has 2 N–H and O–H groups in total. The molecule has 0 saturated heterocycles. The van der Waals surface area contributed by atoms with Gasteiger partial charge in [0.25, 0.3) is 0 Å². The first kappa shape index (κ1) is 16.9. The topological polar surface area (TPSA) is 88.5 Å². The Morgan fingerprint density at radius 2 is 2.00 bits per heavy atom. The van der Waals surface area contributed by atoms with Crippen molar-refractivity contribution in [2.24, 2.45) is 0 Å². The Morgan fingerprint density at radius 3 is 2.64 bits per heavy atom. The first-order valence-corrected chi connectivity index (χ1v) is 8.16. The van der Waals surface area contributed by atoms with E-state index in [0.29, 0.717) is 6.54 Å². The van der Waals surface area contributed by atoms with Crippen LogP contribution in [-0.2, 0) is 23.3 Å². The molecule has 2 heterocycles. The highest BCUT2D eigenvalue weighted by molar-refractivity contribution is 5.75. The number of rotatable bonds is 5. The van der Waals surface area contributed by atoms with Crippen LogP contribution in [0.5, 0.6) is 0 Å². The van der Waals surface area contributed by atoms with E-state index in [0.717, 1.165) is 17.0 Å². The summed E-state index contributed by atoms with van der Waals surface area (Å²) in [6.45, 7) is 7.11. The lowest BCUT2D eigenvalue weighted by atomic mass is 9.86. The molecule has 0 saturated carbocycles. The Bertz CT molecular complexity index is 827. The summed E-state index contributed by atoms with van der Waals surface area (Å²) in [6.07, 6.45) is 2.91. The summed E-state index contributed by atoms with van der Waals surface area (Å²) in [7, 11) is 0. The molecule has 7 heteroatoms. The highest BCUT2D eigenvalue weighted by atomic mass is 16.2. The smallest absolute Gasteiger partial charge is 0.242 e. The molecular formula is C18H22N6O. The van der Waals surface area contributed by atoms with E-state index in [1.54, 1.807) is 0 Å². The fourth-order valence-corrected chi connectivity index (χ4v) is 2.45. The van der Waals surface area contributed by atoms with Crippen LogP contribution in [0, 0.1) is 0 Å². The fraction of sp³-hybridized carbons (Fsp3) is 0.333. The Morgan fingerprint density at radius 1 is 1.24 bits per heavy atom. The second-order valence-electron chi connectivity index (χ2n) is 6.98. The lowest BCUT2D eigenvalue weighted by molar-refractivity contribution is -0.122. The van der Waals surface area contributed by atoms with Crippen molar-refractivity contribution >= 4 is 5.91 Å². The summed E-state index contributed by atoms with van der Waals surface area (Å²) in [5, 5.41) is 14.0. The molecule has 0 fully saturated rings. The second-order valence-corrected chi connectivity index (χ2v) is 6.98. The van der Waals surface area contributed by atoms with Crippen molar-refractivity contribution in [3.05, 3.63) is 54.2 Å². The number of H-pyrrole nitrogens is 1. The Balaban J connectivity index is 1.59. The van der Waals surface area contributed by atoms with Gasteiger partial charge in [0, 0.05) is 5.56 Å². The number of aromatic amines is 1. The van der Waals surface area contributed by atoms with E-state index < -0.39 is 0 Å². The van der Waals surface area contributed by atoms with Crippen LogP contribution in [0.2, 0.25) is 0 Å². The molecule has 0 unspecified atom stereocenters. The van der Waals surface area contributed by atoms with Crippen molar-refractivity contribution in [3.8, 4) is 11.3 Å². The summed E-state index contributed by atoms with van der Waals surface area (Å²) < 4.78 is 1.48. The van der Waals surface area contributed by atoms with Crippen LogP contribution in [-0.4, -0.2) is 30.9 Å². The van der Waals surface area contributed by atoms with Gasteiger partial charge in [-0.25, -0.2) is 9.67 Å². The molecule has 2 aromatic heterocycles. The third-order valence-corrected chi connectivity index (χ3v) is 3.93. The van der Waals surface area contributed by atoms with Crippen molar-refractivity contribution in [2.75, 3.05) is 0 Å². The highest BCUT2D eigenvalue weighted by Crippen LogP contribution is 2.25. The molecule has 0 aliphatic heterocycles. The molecular weight excluding hydrogens is 316 g/mol. The number of amides is 1. The third kappa shape index (κ3) is 4.32. The minimum absolute atomic E-state index is 0.129. The summed E-state index contributed by atoms with van der Waals surface area (Å²) in [5.41, 5.74) is 4.17. The first-order chi connectivity index (χ1) is 11.9. The van der Waals surface area contributed by atoms with E-state index in [-0.39, 0.29) is 17.9 Å². The van der Waals surface area contributed by atoms with Gasteiger partial charge < -0.3 is 5.32 Å². The number of carbonyl (C=O) groups is 1. The average Bonchev–Trinajstić information content (AvgIpc) is 3.24. The minimum atomic E-state index is -0.129. The molecule has 1 aromatic carbocycles. The van der Waals surface area contributed by atoms with Gasteiger partial charge in [-0.15, -0.1) is 0 Å². The SMILES string of the molecule is CC(C)(C)c1ccc(-c2cc(CNC(=O)Cn3cncn3)[nH]n2)cc1. The van der Waals surface area contributed by atoms with Gasteiger partial charge in [-0.2, -0.15) is 10.2 Å². The number of aromatic nitrogens is 5. The normalized spacial score (nSPS) is 11.5. The summed E-state index contributed by atoms with van der Waals surface area (Å²) in [5.74, 6) is -0.129. The molecule has 0 aliphatic rings. The van der Waals surface area contributed by atoms with Gasteiger partial charge in [0.2, 0.25) is 5.91 Å². The highest BCUT2D eigenvalue weighted by Gasteiger charge is 2.13. The van der Waals surface area contributed by atoms with Crippen LogP contribution in [0.25, 0.3) is 11.3 Å². The first-order valence-electron chi connectivity index (χ1n) is 8.16. The van der Waals surface area contributed by atoms with Crippen molar-refractivity contribution in [1.82, 2.24) is 30.3 Å². The van der Waals surface area contributed by atoms with Gasteiger partial charge in [-0.1, -0.05) is 45.0 Å². The van der Waals surface area contributed by atoms with Gasteiger partial charge in [0.15, 0.2) is 0 Å². The number of hydrogen-bond donors (Lipinski definition) is 2. The zero-order chi connectivity index (χ0) is 17.9. The third-order valence-electron chi connectivity index (χ3n) is 3.93. The molecule has 0 spiro atoms. The van der Waals surface area contributed by atoms with Gasteiger partial charge >= 0.3 is 0 Å². The number of hydrogen-bond acceptors (Lipinski definition) is 4. The van der Waals surface area contributed by atoms with Gasteiger partial charge in [0.05, 0.1) is 17.9 Å². The Labute approximate surface area is 146 Å². The standard InChI is InChI=1S/C18H22N6O/c1-18(2,3)14-6-4-13(5-7-14)16-8-15(22-23-16)9-20-17(25)10-24-12-19-11-21-24/h4-8,11-12H,9-10H2,1-3H3,(H,20,25)(H,22,23). The fourth-order valence-electron chi connectivity index (χ4n) is 2.45. The summed E-state index contributed by atoms with van der Waals surface area (Å²) >= 11 is 0. The van der Waals surface area contributed by atoms with E-state index in [1.807, 2.05) is 6.07 Å². The molecule has 7 nitrogen and oxygen atoms in total. The maximum atomic E-state index is 11.9. The van der Waals surface area contributed by atoms with Crippen molar-refractivity contribution < 1.29 is 4.79 Å². The van der Waals surface area contributed by atoms with Crippen LogP contribution in [0.1, 0.15) is 32.0 Å². The van der Waals surface area contributed by atoms with Gasteiger partial charge in [-0.3, -0.25) is 9.89 Å². The van der Waals surface area contributed by atoms with Crippen molar-refractivity contribution in [2.45, 2.75) is 39.3 Å². The Hall–Kier alpha value is -2.96. The monoisotopic (exact) mass is 338 g/mol. The van der Waals surface area contributed by atoms with Crippen LogP contribution in [0.15, 0.2) is 43.0 Å². The predicted molar refractivity (Wildman–Crippen MR) is 94.6 cm³/mol. The van der Waals surface area contributed by atoms with E-state index in [4.69, 9.17) is 0 Å². The number of nitrogens with one attached hydrogen (secondary N) is 2. The van der Waals surface area contributed by atoms with E-state index in [2.05, 4.69) is 70.6 Å². The van der Waals surface area contributed by atoms with Crippen LogP contribution in [0.3, 0.4) is 0 Å². The van der Waals surface area contributed by atoms with E-state index in [9.17, 15) is 4.79 Å². The maximum absolute atomic E-state index is 11.9. The summed E-state index contributed by atoms with van der Waals surface area (Å²) in [4.78, 5) is 15.7. The van der Waals surface area contributed by atoms with Crippen LogP contribution in [0.4, 0.5) is 0 Å². The number of benzene rings is 1. The molecule has 1 amide bonds. The van der Waals surface area contributed by atoms with Crippen molar-refractivity contribution in [1.29, 1.82) is 0 Å².